The number of carbonyl (C=O) groups excluding carboxylic acids is 1. The Hall–Kier alpha value is -3.40. The molecule has 1 atom stereocenters. The minimum absolute atomic E-state index is 0. The van der Waals surface area contributed by atoms with E-state index in [4.69, 9.17) is 9.47 Å². The molecule has 0 aliphatic heterocycles. The number of rotatable bonds is 16. The first-order chi connectivity index (χ1) is 22.4. The molecule has 6 nitrogen and oxygen atoms in total. The smallest absolute Gasteiger partial charge is 0.541 e. The number of aryl methyl sites for hydroxylation is 2. The fraction of sp³-hybridized carbons (Fsp3) is 0.237. The number of thiophene rings is 1. The van der Waals surface area contributed by atoms with Crippen LogP contribution < -0.4 is 39.0 Å². The first-order valence-electron chi connectivity index (χ1n) is 15.5. The van der Waals surface area contributed by atoms with Crippen molar-refractivity contribution in [3.8, 4) is 22.6 Å². The van der Waals surface area contributed by atoms with Crippen LogP contribution in [0.3, 0.4) is 0 Å². The van der Waals surface area contributed by atoms with Gasteiger partial charge in [0.25, 0.3) is 0 Å². The second-order valence-electron chi connectivity index (χ2n) is 11.2. The largest absolute Gasteiger partial charge is 1.00 e. The van der Waals surface area contributed by atoms with Crippen LogP contribution in [0.2, 0.25) is 0 Å². The molecule has 0 radical (unpaired) electrons. The maximum atomic E-state index is 13.5. The minimum Gasteiger partial charge on any atom is -0.541 e. The third-order valence-corrected chi connectivity index (χ3v) is 10.3. The van der Waals surface area contributed by atoms with Crippen molar-refractivity contribution in [2.24, 2.45) is 5.92 Å². The summed E-state index contributed by atoms with van der Waals surface area (Å²) in [5.41, 5.74) is 5.22. The van der Waals surface area contributed by atoms with E-state index in [9.17, 15) is 13.2 Å². The Kier molecular flexibility index (Phi) is 14.1. The Morgan fingerprint density at radius 2 is 1.49 bits per heavy atom. The van der Waals surface area contributed by atoms with Crippen LogP contribution in [-0.4, -0.2) is 27.5 Å². The molecular weight excluding hydrogens is 638 g/mol. The van der Waals surface area contributed by atoms with Crippen molar-refractivity contribution in [2.75, 3.05) is 13.2 Å². The van der Waals surface area contributed by atoms with Gasteiger partial charge in [0.1, 0.15) is 25.7 Å². The molecule has 1 unspecified atom stereocenters. The number of sulfonamides is 1. The van der Waals surface area contributed by atoms with E-state index in [0.29, 0.717) is 26.1 Å². The molecular formula is C38H38NNaO5S2. The number of benzene rings is 4. The number of hydrogen-bond acceptors (Lipinski definition) is 6. The summed E-state index contributed by atoms with van der Waals surface area (Å²) in [6.07, 6.45) is 3.14. The zero-order valence-corrected chi connectivity index (χ0v) is 30.5. The van der Waals surface area contributed by atoms with Gasteiger partial charge in [-0.2, -0.15) is 0 Å². The summed E-state index contributed by atoms with van der Waals surface area (Å²) in [6, 6.07) is 37.0. The first kappa shape index (κ1) is 36.4. The summed E-state index contributed by atoms with van der Waals surface area (Å²) in [5, 5.41) is 1.66. The fourth-order valence-corrected chi connectivity index (χ4v) is 7.24. The summed E-state index contributed by atoms with van der Waals surface area (Å²) >= 11 is 1.06. The van der Waals surface area contributed by atoms with Crippen molar-refractivity contribution in [2.45, 2.75) is 43.2 Å². The van der Waals surface area contributed by atoms with Gasteiger partial charge in [-0.1, -0.05) is 84.9 Å². The van der Waals surface area contributed by atoms with Gasteiger partial charge in [0.05, 0.1) is 19.1 Å². The second kappa shape index (κ2) is 18.2. The average Bonchev–Trinajstić information content (AvgIpc) is 3.62. The molecule has 1 amide bonds. The maximum absolute atomic E-state index is 13.5. The van der Waals surface area contributed by atoms with Gasteiger partial charge in [-0.15, -0.1) is 11.3 Å². The van der Waals surface area contributed by atoms with Crippen LogP contribution >= 0.6 is 11.3 Å². The third-order valence-electron chi connectivity index (χ3n) is 7.61. The fourth-order valence-electron chi connectivity index (χ4n) is 5.30. The van der Waals surface area contributed by atoms with Gasteiger partial charge >= 0.3 is 29.6 Å². The second-order valence-corrected chi connectivity index (χ2v) is 13.9. The molecule has 0 bridgehead atoms. The van der Waals surface area contributed by atoms with E-state index in [0.717, 1.165) is 64.4 Å². The Bertz CT molecular complexity index is 1810. The van der Waals surface area contributed by atoms with E-state index in [1.807, 2.05) is 97.9 Å². The molecule has 0 saturated heterocycles. The topological polar surface area (TPSA) is 83.8 Å². The molecule has 5 rings (SSSR count). The molecule has 0 saturated carbocycles. The number of carbonyl (C=O) groups is 1. The average molecular weight is 676 g/mol. The van der Waals surface area contributed by atoms with E-state index >= 15 is 0 Å². The maximum Gasteiger partial charge on any atom is 1.00 e. The molecule has 238 valence electrons. The third kappa shape index (κ3) is 11.1. The number of amides is 1. The minimum atomic E-state index is -4.06. The van der Waals surface area contributed by atoms with E-state index in [-0.39, 0.29) is 33.8 Å². The van der Waals surface area contributed by atoms with Crippen molar-refractivity contribution in [3.05, 3.63) is 142 Å². The monoisotopic (exact) mass is 675 g/mol. The summed E-state index contributed by atoms with van der Waals surface area (Å²) < 4.78 is 41.5. The zero-order chi connectivity index (χ0) is 32.2. The summed E-state index contributed by atoms with van der Waals surface area (Å²) in [6.45, 7) is 3.10. The summed E-state index contributed by atoms with van der Waals surface area (Å²) in [4.78, 5) is 13.5. The predicted octanol–water partition coefficient (Wildman–Crippen LogP) is 6.05. The van der Waals surface area contributed by atoms with Crippen molar-refractivity contribution in [3.63, 3.8) is 0 Å². The van der Waals surface area contributed by atoms with Crippen LogP contribution in [0.5, 0.6) is 11.5 Å². The Labute approximate surface area is 304 Å². The van der Waals surface area contributed by atoms with Gasteiger partial charge in [0, 0.05) is 12.3 Å². The Morgan fingerprint density at radius 3 is 2.21 bits per heavy atom. The molecule has 4 aromatic carbocycles. The zero-order valence-electron chi connectivity index (χ0n) is 26.9. The molecule has 1 heterocycles. The Morgan fingerprint density at radius 1 is 0.787 bits per heavy atom. The number of hydrogen-bond donors (Lipinski definition) is 0. The SMILES string of the molecule is Cc1cccc(OCCCOc2cccc(-c3ccccc3CC(CCCc3ccccc3)C(=O)[N-]S(=O)(=O)c3cccs3)c2)c1.[Na+]. The van der Waals surface area contributed by atoms with Crippen molar-refractivity contribution >= 4 is 27.3 Å². The van der Waals surface area contributed by atoms with Crippen LogP contribution in [0.15, 0.2) is 125 Å². The van der Waals surface area contributed by atoms with E-state index < -0.39 is 21.8 Å². The predicted molar refractivity (Wildman–Crippen MR) is 185 cm³/mol. The quantitative estimate of drug-likeness (QED) is 0.0941. The van der Waals surface area contributed by atoms with Gasteiger partial charge in [-0.05, 0) is 96.1 Å². The molecule has 9 heteroatoms. The van der Waals surface area contributed by atoms with Gasteiger partial charge in [0.2, 0.25) is 0 Å². The van der Waals surface area contributed by atoms with Crippen LogP contribution in [0, 0.1) is 12.8 Å². The van der Waals surface area contributed by atoms with Crippen molar-refractivity contribution < 1.29 is 52.2 Å². The van der Waals surface area contributed by atoms with Crippen molar-refractivity contribution in [1.82, 2.24) is 0 Å². The molecule has 47 heavy (non-hydrogen) atoms. The van der Waals surface area contributed by atoms with Gasteiger partial charge in [0.15, 0.2) is 0 Å². The molecule has 5 aromatic rings. The molecule has 0 fully saturated rings. The Balaban J connectivity index is 0.00000500. The molecule has 0 spiro atoms. The van der Waals surface area contributed by atoms with Gasteiger partial charge in [-0.3, -0.25) is 0 Å². The van der Waals surface area contributed by atoms with E-state index in [1.54, 1.807) is 11.4 Å². The molecule has 0 N–H and O–H groups in total. The summed E-state index contributed by atoms with van der Waals surface area (Å²) in [7, 11) is -4.06. The van der Waals surface area contributed by atoms with Crippen LogP contribution in [0.1, 0.15) is 36.0 Å². The van der Waals surface area contributed by atoms with Crippen LogP contribution in [0.4, 0.5) is 0 Å². The molecule has 0 aliphatic carbocycles. The van der Waals surface area contributed by atoms with E-state index in [1.165, 1.54) is 11.6 Å². The van der Waals surface area contributed by atoms with Gasteiger partial charge in [-0.25, -0.2) is 8.42 Å². The number of ether oxygens (including phenoxy) is 2. The molecule has 0 aliphatic rings. The summed E-state index contributed by atoms with van der Waals surface area (Å²) in [5.74, 6) is 0.399. The van der Waals surface area contributed by atoms with Crippen LogP contribution in [0.25, 0.3) is 15.8 Å². The van der Waals surface area contributed by atoms with E-state index in [2.05, 4.69) is 16.9 Å². The van der Waals surface area contributed by atoms with Crippen molar-refractivity contribution in [1.29, 1.82) is 0 Å². The standard InChI is InChI=1S/C38H39NO5S2.Na/c1-29-12-7-19-34(26-29)43-23-11-24-44-35-20-9-17-32(28-35)36-21-6-5-16-31(36)27-33(18-8-15-30-13-3-2-4-14-30)38(40)39-46(41,42)37-22-10-25-45-37;/h2-7,9-10,12-14,16-17,19-22,25-26,28,33H,8,11,15,18,23-24,27H2,1H3,(H,39,40);/q;+1/p-1. The molecule has 1 aromatic heterocycles. The van der Waals surface area contributed by atoms with Crippen LogP contribution in [-0.2, 0) is 27.7 Å². The number of nitrogens with zero attached hydrogens (tertiary/aromatic N) is 1. The first-order valence-corrected chi connectivity index (χ1v) is 17.8. The normalized spacial score (nSPS) is 11.7. The van der Waals surface area contributed by atoms with Gasteiger partial charge < -0.3 is 19.0 Å².